The van der Waals surface area contributed by atoms with Crippen molar-refractivity contribution in [1.82, 2.24) is 0 Å². The Bertz CT molecular complexity index is 476. The lowest BCUT2D eigenvalue weighted by molar-refractivity contribution is -0.137. The van der Waals surface area contributed by atoms with Gasteiger partial charge in [0.1, 0.15) is 0 Å². The van der Waals surface area contributed by atoms with Gasteiger partial charge in [0, 0.05) is 5.56 Å². The van der Waals surface area contributed by atoms with Crippen LogP contribution >= 0.6 is 0 Å². The third kappa shape index (κ3) is 2.38. The number of rotatable bonds is 3. The zero-order chi connectivity index (χ0) is 13.2. The van der Waals surface area contributed by atoms with Crippen LogP contribution < -0.4 is 0 Å². The van der Waals surface area contributed by atoms with Crippen LogP contribution in [0.1, 0.15) is 28.4 Å². The lowest BCUT2D eigenvalue weighted by atomic mass is 9.98. The molecule has 5 heteroatoms. The van der Waals surface area contributed by atoms with Crippen molar-refractivity contribution in [2.75, 3.05) is 6.61 Å². The summed E-state index contributed by atoms with van der Waals surface area (Å²) in [5, 5.41) is 18.9. The third-order valence-corrected chi connectivity index (χ3v) is 2.55. The first-order valence-corrected chi connectivity index (χ1v) is 5.13. The van der Waals surface area contributed by atoms with Gasteiger partial charge in [-0.05, 0) is 38.0 Å². The van der Waals surface area contributed by atoms with E-state index in [0.717, 1.165) is 6.07 Å². The quantitative estimate of drug-likeness (QED) is 0.360. The van der Waals surface area contributed by atoms with Crippen molar-refractivity contribution in [2.45, 2.75) is 20.8 Å². The highest BCUT2D eigenvalue weighted by atomic mass is 16.5. The molecule has 0 radical (unpaired) electrons. The molecule has 5 nitrogen and oxygen atoms in total. The van der Waals surface area contributed by atoms with Crippen molar-refractivity contribution in [1.29, 1.82) is 0 Å². The van der Waals surface area contributed by atoms with Gasteiger partial charge in [-0.15, -0.1) is 0 Å². The van der Waals surface area contributed by atoms with E-state index in [4.69, 9.17) is 0 Å². The first kappa shape index (κ1) is 13.0. The summed E-state index contributed by atoms with van der Waals surface area (Å²) in [4.78, 5) is 23.0. The van der Waals surface area contributed by atoms with Gasteiger partial charge in [-0.1, -0.05) is 0 Å². The molecule has 92 valence electrons. The van der Waals surface area contributed by atoms with Gasteiger partial charge >= 0.3 is 5.97 Å². The fraction of sp³-hybridized carbons (Fsp3) is 0.333. The molecule has 0 amide bonds. The molecular weight excluding hydrogens is 224 g/mol. The summed E-state index contributed by atoms with van der Waals surface area (Å²) in [7, 11) is 0. The first-order chi connectivity index (χ1) is 7.90. The molecule has 0 bridgehead atoms. The maximum atomic E-state index is 11.7. The molecule has 1 aromatic carbocycles. The second-order valence-electron chi connectivity index (χ2n) is 3.59. The number of hydrogen-bond acceptors (Lipinski definition) is 5. The molecule has 0 aliphatic rings. The van der Waals surface area contributed by atoms with Crippen LogP contribution in [0.25, 0.3) is 0 Å². The zero-order valence-electron chi connectivity index (χ0n) is 9.90. The highest BCUT2D eigenvalue weighted by molar-refractivity contribution is 6.41. The topological polar surface area (TPSA) is 83.8 Å². The average molecular weight is 238 g/mol. The number of carbonyl (C=O) groups is 2. The van der Waals surface area contributed by atoms with Gasteiger partial charge in [0.2, 0.25) is 0 Å². The Balaban J connectivity index is 3.24. The molecule has 0 aliphatic heterocycles. The lowest BCUT2D eigenvalue weighted by Gasteiger charge is -2.10. The van der Waals surface area contributed by atoms with Crippen LogP contribution in [-0.4, -0.2) is 28.6 Å². The van der Waals surface area contributed by atoms with Crippen LogP contribution in [0.15, 0.2) is 6.07 Å². The average Bonchev–Trinajstić information content (AvgIpc) is 2.30. The first-order valence-electron chi connectivity index (χ1n) is 5.13. The van der Waals surface area contributed by atoms with Gasteiger partial charge in [0.25, 0.3) is 5.78 Å². The number of aromatic hydroxyl groups is 2. The molecule has 0 atom stereocenters. The Morgan fingerprint density at radius 3 is 2.35 bits per heavy atom. The Labute approximate surface area is 98.6 Å². The SMILES string of the molecule is CCOC(=O)C(=O)c1cc(O)c(O)c(C)c1C. The smallest absolute Gasteiger partial charge is 0.379 e. The maximum Gasteiger partial charge on any atom is 0.379 e. The molecule has 0 fully saturated rings. The Morgan fingerprint density at radius 1 is 1.24 bits per heavy atom. The predicted octanol–water partition coefficient (Wildman–Crippen LogP) is 1.46. The summed E-state index contributed by atoms with van der Waals surface area (Å²) < 4.78 is 4.59. The fourth-order valence-electron chi connectivity index (χ4n) is 1.43. The van der Waals surface area contributed by atoms with E-state index < -0.39 is 17.5 Å². The molecule has 0 saturated heterocycles. The van der Waals surface area contributed by atoms with Crippen LogP contribution in [-0.2, 0) is 9.53 Å². The van der Waals surface area contributed by atoms with Gasteiger partial charge in [0.15, 0.2) is 11.5 Å². The molecule has 1 rings (SSSR count). The van der Waals surface area contributed by atoms with Crippen molar-refractivity contribution in [3.05, 3.63) is 22.8 Å². The monoisotopic (exact) mass is 238 g/mol. The number of esters is 1. The van der Waals surface area contributed by atoms with Gasteiger partial charge in [-0.25, -0.2) is 4.79 Å². The van der Waals surface area contributed by atoms with Crippen molar-refractivity contribution in [2.24, 2.45) is 0 Å². The number of hydrogen-bond donors (Lipinski definition) is 2. The second kappa shape index (κ2) is 4.86. The van der Waals surface area contributed by atoms with Gasteiger partial charge in [0.05, 0.1) is 6.61 Å². The van der Waals surface area contributed by atoms with Gasteiger partial charge in [-0.3, -0.25) is 4.79 Å². The summed E-state index contributed by atoms with van der Waals surface area (Å²) in [6.45, 7) is 4.83. The summed E-state index contributed by atoms with van der Waals surface area (Å²) in [5.41, 5.74) is 0.840. The largest absolute Gasteiger partial charge is 0.504 e. The molecule has 0 unspecified atom stereocenters. The van der Waals surface area contributed by atoms with Crippen LogP contribution in [0.2, 0.25) is 0 Å². The van der Waals surface area contributed by atoms with Crippen LogP contribution in [0, 0.1) is 13.8 Å². The number of phenols is 2. The molecule has 2 N–H and O–H groups in total. The van der Waals surface area contributed by atoms with Crippen LogP contribution in [0.3, 0.4) is 0 Å². The normalized spacial score (nSPS) is 10.1. The Morgan fingerprint density at radius 2 is 1.82 bits per heavy atom. The molecular formula is C12H14O5. The lowest BCUT2D eigenvalue weighted by Crippen LogP contribution is -2.18. The molecule has 0 spiro atoms. The summed E-state index contributed by atoms with van der Waals surface area (Å²) >= 11 is 0. The van der Waals surface area contributed by atoms with Crippen LogP contribution in [0.4, 0.5) is 0 Å². The minimum absolute atomic E-state index is 0.0382. The van der Waals surface area contributed by atoms with E-state index in [1.54, 1.807) is 20.8 Å². The standard InChI is InChI=1S/C12H14O5/c1-4-17-12(16)11(15)8-5-9(13)10(14)7(3)6(8)2/h5,13-14H,4H2,1-3H3. The van der Waals surface area contributed by atoms with Crippen LogP contribution in [0.5, 0.6) is 11.5 Å². The number of Topliss-reactive ketones (excluding diaryl/α,β-unsaturated/α-hetero) is 1. The molecule has 0 heterocycles. The van der Waals surface area contributed by atoms with Crippen molar-refractivity contribution >= 4 is 11.8 Å². The molecule has 0 aromatic heterocycles. The number of phenolic OH excluding ortho intramolecular Hbond substituents is 2. The summed E-state index contributed by atoms with van der Waals surface area (Å²) in [6.07, 6.45) is 0. The Kier molecular flexibility index (Phi) is 3.73. The maximum absolute atomic E-state index is 11.7. The van der Waals surface area contributed by atoms with Crippen molar-refractivity contribution in [3.63, 3.8) is 0 Å². The van der Waals surface area contributed by atoms with E-state index in [1.165, 1.54) is 0 Å². The van der Waals surface area contributed by atoms with E-state index in [1.807, 2.05) is 0 Å². The van der Waals surface area contributed by atoms with E-state index in [2.05, 4.69) is 4.74 Å². The van der Waals surface area contributed by atoms with E-state index in [9.17, 15) is 19.8 Å². The molecule has 0 aliphatic carbocycles. The minimum Gasteiger partial charge on any atom is -0.504 e. The highest BCUT2D eigenvalue weighted by Gasteiger charge is 2.23. The summed E-state index contributed by atoms with van der Waals surface area (Å²) in [6, 6.07) is 1.07. The van der Waals surface area contributed by atoms with Crippen molar-refractivity contribution < 1.29 is 24.5 Å². The fourth-order valence-corrected chi connectivity index (χ4v) is 1.43. The van der Waals surface area contributed by atoms with Gasteiger partial charge in [-0.2, -0.15) is 0 Å². The minimum atomic E-state index is -0.972. The van der Waals surface area contributed by atoms with E-state index in [0.29, 0.717) is 11.1 Å². The molecule has 1 aromatic rings. The number of carbonyl (C=O) groups excluding carboxylic acids is 2. The number of benzene rings is 1. The van der Waals surface area contributed by atoms with E-state index in [-0.39, 0.29) is 17.9 Å². The predicted molar refractivity (Wildman–Crippen MR) is 60.2 cm³/mol. The van der Waals surface area contributed by atoms with Crippen molar-refractivity contribution in [3.8, 4) is 11.5 Å². The highest BCUT2D eigenvalue weighted by Crippen LogP contribution is 2.33. The summed E-state index contributed by atoms with van der Waals surface area (Å²) in [5.74, 6) is -2.52. The third-order valence-electron chi connectivity index (χ3n) is 2.55. The Hall–Kier alpha value is -2.04. The number of ketones is 1. The molecule has 17 heavy (non-hydrogen) atoms. The second-order valence-corrected chi connectivity index (χ2v) is 3.59. The van der Waals surface area contributed by atoms with Gasteiger partial charge < -0.3 is 14.9 Å². The zero-order valence-corrected chi connectivity index (χ0v) is 9.90. The number of ether oxygens (including phenoxy) is 1. The van der Waals surface area contributed by atoms with E-state index >= 15 is 0 Å². The molecule has 0 saturated carbocycles.